The molecule has 1 aromatic carbocycles. The van der Waals surface area contributed by atoms with Gasteiger partial charge in [-0.15, -0.1) is 0 Å². The average molecular weight is 453 g/mol. The maximum Gasteiger partial charge on any atom is 0.161 e. The monoisotopic (exact) mass is 452 g/mol. The predicted octanol–water partition coefficient (Wildman–Crippen LogP) is 5.30. The van der Waals surface area contributed by atoms with E-state index in [1.165, 1.54) is 12.8 Å². The Balaban J connectivity index is 1.36. The summed E-state index contributed by atoms with van der Waals surface area (Å²) in [5.41, 5.74) is 1.14. The molecule has 180 valence electrons. The summed E-state index contributed by atoms with van der Waals surface area (Å²) in [6, 6.07) is 7.61. The third kappa shape index (κ3) is 3.46. The molecular formula is C29H40O4. The fourth-order valence-electron chi connectivity index (χ4n) is 9.16. The highest BCUT2D eigenvalue weighted by molar-refractivity contribution is 5.94. The molecule has 4 aliphatic carbocycles. The Hall–Kier alpha value is -1.52. The van der Waals surface area contributed by atoms with Gasteiger partial charge in [0.25, 0.3) is 0 Å². The van der Waals surface area contributed by atoms with E-state index in [0.717, 1.165) is 50.5 Å². The maximum absolute atomic E-state index is 12.5. The second kappa shape index (κ2) is 8.02. The molecule has 0 aromatic heterocycles. The van der Waals surface area contributed by atoms with Gasteiger partial charge >= 0.3 is 0 Å². The van der Waals surface area contributed by atoms with Crippen molar-refractivity contribution in [3.8, 4) is 0 Å². The number of fused-ring (bicyclic) bond motifs is 5. The minimum atomic E-state index is -0.804. The van der Waals surface area contributed by atoms with E-state index in [2.05, 4.69) is 13.8 Å². The molecule has 0 bridgehead atoms. The number of hydrogen-bond acceptors (Lipinski definition) is 4. The summed E-state index contributed by atoms with van der Waals surface area (Å²) in [7, 11) is 0. The molecule has 4 saturated carbocycles. The first-order valence-corrected chi connectivity index (χ1v) is 13.1. The number of hydrogen-bond donors (Lipinski definition) is 2. The largest absolute Gasteiger partial charge is 0.389 e. The van der Waals surface area contributed by atoms with Crippen LogP contribution in [0.4, 0.5) is 0 Å². The Bertz CT molecular complexity index is 937. The van der Waals surface area contributed by atoms with Crippen LogP contribution >= 0.6 is 0 Å². The van der Waals surface area contributed by atoms with Crippen molar-refractivity contribution in [3.05, 3.63) is 35.4 Å². The van der Waals surface area contributed by atoms with Crippen molar-refractivity contribution in [2.75, 3.05) is 6.61 Å². The molecule has 0 saturated heterocycles. The third-order valence-corrected chi connectivity index (χ3v) is 11.1. The van der Waals surface area contributed by atoms with E-state index in [9.17, 15) is 19.8 Å². The lowest BCUT2D eigenvalue weighted by molar-refractivity contribution is -0.156. The van der Waals surface area contributed by atoms with Gasteiger partial charge in [0.1, 0.15) is 6.61 Å². The van der Waals surface area contributed by atoms with E-state index in [1.54, 1.807) is 6.92 Å². The smallest absolute Gasteiger partial charge is 0.161 e. The summed E-state index contributed by atoms with van der Waals surface area (Å²) in [4.78, 5) is 24.2. The van der Waals surface area contributed by atoms with E-state index in [-0.39, 0.29) is 34.9 Å². The molecule has 5 rings (SSSR count). The Morgan fingerprint density at radius 2 is 1.61 bits per heavy atom. The SMILES string of the molecule is CC(=O)c1ccc(C2(O)CC[C@@]3(C)C(CC[C@H]4[C@@H]5CC[C@H](C(=O)CO)[C@@]5(C)CC[C@@H]43)C2)cc1. The second-order valence-corrected chi connectivity index (χ2v) is 12.3. The number of benzene rings is 1. The van der Waals surface area contributed by atoms with Crippen LogP contribution in [0.3, 0.4) is 0 Å². The van der Waals surface area contributed by atoms with Crippen molar-refractivity contribution >= 4 is 11.6 Å². The quantitative estimate of drug-likeness (QED) is 0.608. The van der Waals surface area contributed by atoms with Gasteiger partial charge in [0, 0.05) is 11.5 Å². The zero-order valence-electron chi connectivity index (χ0n) is 20.5. The molecule has 4 fully saturated rings. The van der Waals surface area contributed by atoms with Crippen LogP contribution in [0, 0.1) is 40.4 Å². The Morgan fingerprint density at radius 3 is 2.27 bits per heavy atom. The van der Waals surface area contributed by atoms with Crippen LogP contribution in [0.5, 0.6) is 0 Å². The lowest BCUT2D eigenvalue weighted by Crippen LogP contribution is -2.55. The number of ketones is 2. The highest BCUT2D eigenvalue weighted by Gasteiger charge is 2.62. The van der Waals surface area contributed by atoms with Crippen LogP contribution in [0.25, 0.3) is 0 Å². The van der Waals surface area contributed by atoms with Gasteiger partial charge in [-0.05, 0) is 105 Å². The van der Waals surface area contributed by atoms with E-state index < -0.39 is 5.60 Å². The summed E-state index contributed by atoms with van der Waals surface area (Å²) in [5, 5.41) is 21.2. The lowest BCUT2D eigenvalue weighted by Gasteiger charge is -2.62. The lowest BCUT2D eigenvalue weighted by atomic mass is 9.43. The first-order chi connectivity index (χ1) is 15.6. The fourth-order valence-corrected chi connectivity index (χ4v) is 9.16. The van der Waals surface area contributed by atoms with Gasteiger partial charge in [0.2, 0.25) is 0 Å². The number of carbonyl (C=O) groups is 2. The molecule has 33 heavy (non-hydrogen) atoms. The van der Waals surface area contributed by atoms with Crippen molar-refractivity contribution in [1.29, 1.82) is 0 Å². The molecule has 0 amide bonds. The topological polar surface area (TPSA) is 74.6 Å². The predicted molar refractivity (Wildman–Crippen MR) is 128 cm³/mol. The Kier molecular flexibility index (Phi) is 5.64. The molecule has 8 atom stereocenters. The number of aliphatic hydroxyl groups is 2. The molecule has 2 unspecified atom stereocenters. The van der Waals surface area contributed by atoms with Gasteiger partial charge in [0.15, 0.2) is 11.6 Å². The van der Waals surface area contributed by atoms with Crippen LogP contribution < -0.4 is 0 Å². The summed E-state index contributed by atoms with van der Waals surface area (Å²) in [6.45, 7) is 6.08. The van der Waals surface area contributed by atoms with Gasteiger partial charge in [0.05, 0.1) is 5.60 Å². The summed E-state index contributed by atoms with van der Waals surface area (Å²) < 4.78 is 0. The number of aliphatic hydroxyl groups excluding tert-OH is 1. The molecule has 4 nitrogen and oxygen atoms in total. The first kappa shape index (κ1) is 23.2. The molecule has 4 aliphatic rings. The van der Waals surface area contributed by atoms with Gasteiger partial charge in [-0.25, -0.2) is 0 Å². The van der Waals surface area contributed by atoms with Gasteiger partial charge in [-0.3, -0.25) is 9.59 Å². The molecule has 0 heterocycles. The van der Waals surface area contributed by atoms with Crippen LogP contribution in [-0.2, 0) is 10.4 Å². The maximum atomic E-state index is 12.5. The number of carbonyl (C=O) groups excluding carboxylic acids is 2. The minimum Gasteiger partial charge on any atom is -0.389 e. The summed E-state index contributed by atoms with van der Waals surface area (Å²) >= 11 is 0. The summed E-state index contributed by atoms with van der Waals surface area (Å²) in [5.74, 6) is 2.58. The van der Waals surface area contributed by atoms with Gasteiger partial charge < -0.3 is 10.2 Å². The molecule has 0 aliphatic heterocycles. The van der Waals surface area contributed by atoms with Crippen molar-refractivity contribution < 1.29 is 19.8 Å². The zero-order valence-corrected chi connectivity index (χ0v) is 20.5. The highest BCUT2D eigenvalue weighted by Crippen LogP contribution is 2.68. The van der Waals surface area contributed by atoms with E-state index in [4.69, 9.17) is 0 Å². The van der Waals surface area contributed by atoms with Crippen molar-refractivity contribution in [2.24, 2.45) is 40.4 Å². The number of Topliss-reactive ketones (excluding diaryl/α,β-unsaturated/α-hetero) is 2. The second-order valence-electron chi connectivity index (χ2n) is 12.3. The normalized spacial score (nSPS) is 44.5. The number of rotatable bonds is 4. The molecule has 4 heteroatoms. The van der Waals surface area contributed by atoms with E-state index in [1.807, 2.05) is 24.3 Å². The molecule has 0 radical (unpaired) electrons. The average Bonchev–Trinajstić information content (AvgIpc) is 3.16. The van der Waals surface area contributed by atoms with Gasteiger partial charge in [-0.1, -0.05) is 38.1 Å². The van der Waals surface area contributed by atoms with Crippen LogP contribution in [0.15, 0.2) is 24.3 Å². The standard InChI is InChI=1S/C29H40O4/c1-18(31)19-4-6-20(7-5-19)29(33)15-14-27(2)21(16-29)8-9-22-23-10-11-25(26(32)17-30)28(23,3)13-12-24(22)27/h4-7,21-25,30,33H,8-17H2,1-3H3/t21?,22-,23-,24-,25+,27-,28-,29?/m0/s1. The highest BCUT2D eigenvalue weighted by atomic mass is 16.3. The molecular weight excluding hydrogens is 412 g/mol. The van der Waals surface area contributed by atoms with Crippen molar-refractivity contribution in [2.45, 2.75) is 84.2 Å². The Labute approximate surface area is 198 Å². The molecule has 1 aromatic rings. The first-order valence-electron chi connectivity index (χ1n) is 13.1. The molecule has 0 spiro atoms. The van der Waals surface area contributed by atoms with E-state index >= 15 is 0 Å². The fraction of sp³-hybridized carbons (Fsp3) is 0.724. The van der Waals surface area contributed by atoms with Crippen molar-refractivity contribution in [3.63, 3.8) is 0 Å². The zero-order chi connectivity index (χ0) is 23.6. The van der Waals surface area contributed by atoms with Crippen LogP contribution in [-0.4, -0.2) is 28.4 Å². The minimum absolute atomic E-state index is 0.0356. The van der Waals surface area contributed by atoms with E-state index in [0.29, 0.717) is 29.2 Å². The van der Waals surface area contributed by atoms with Crippen molar-refractivity contribution in [1.82, 2.24) is 0 Å². The molecule has 2 N–H and O–H groups in total. The summed E-state index contributed by atoms with van der Waals surface area (Å²) in [6.07, 6.45) is 9.30. The van der Waals surface area contributed by atoms with Crippen LogP contribution in [0.2, 0.25) is 0 Å². The Morgan fingerprint density at radius 1 is 0.909 bits per heavy atom. The third-order valence-electron chi connectivity index (χ3n) is 11.1. The van der Waals surface area contributed by atoms with Gasteiger partial charge in [-0.2, -0.15) is 0 Å². The van der Waals surface area contributed by atoms with Crippen LogP contribution in [0.1, 0.15) is 94.5 Å².